The molecule has 0 amide bonds. The van der Waals surface area contributed by atoms with Crippen LogP contribution in [0.4, 0.5) is 0 Å². The highest BCUT2D eigenvalue weighted by Crippen LogP contribution is 2.43. The molecule has 3 rings (SSSR count). The highest BCUT2D eigenvalue weighted by molar-refractivity contribution is 7.78. The second kappa shape index (κ2) is 6.77. The third-order valence-electron chi connectivity index (χ3n) is 3.90. The molecule has 0 aliphatic rings. The summed E-state index contributed by atoms with van der Waals surface area (Å²) in [5.74, 6) is 0. The number of aryl methyl sites for hydroxylation is 1. The first-order valence-electron chi connectivity index (χ1n) is 7.53. The molecule has 0 saturated heterocycles. The highest BCUT2D eigenvalue weighted by Gasteiger charge is 2.26. The van der Waals surface area contributed by atoms with Crippen molar-refractivity contribution in [3.63, 3.8) is 0 Å². The van der Waals surface area contributed by atoms with Crippen LogP contribution in [-0.2, 0) is 11.0 Å². The molecule has 0 heterocycles. The van der Waals surface area contributed by atoms with Crippen molar-refractivity contribution in [1.29, 1.82) is 0 Å². The van der Waals surface area contributed by atoms with Gasteiger partial charge in [-0.2, -0.15) is 0 Å². The van der Waals surface area contributed by atoms with Crippen molar-refractivity contribution >= 4 is 17.8 Å². The minimum absolute atomic E-state index is 0.658. The van der Waals surface area contributed by atoms with Crippen molar-refractivity contribution in [3.8, 4) is 0 Å². The number of hydrogen-bond acceptors (Lipinski definition) is 1. The van der Waals surface area contributed by atoms with Crippen molar-refractivity contribution in [1.82, 2.24) is 0 Å². The Balaban J connectivity index is 1.95. The standard InChI is InChI=1S/C20H19OP/c21-22(19-12-6-2-7-13-19,20-14-8-3-9-15-20)17-16-18-10-4-1-5-11-18/h1-15H,16-17H2. The average molecular weight is 306 g/mol. The van der Waals surface area contributed by atoms with Crippen LogP contribution in [0.15, 0.2) is 91.0 Å². The number of benzene rings is 3. The molecule has 0 N–H and O–H groups in total. The van der Waals surface area contributed by atoms with Crippen LogP contribution in [0.2, 0.25) is 0 Å². The minimum atomic E-state index is -2.59. The smallest absolute Gasteiger partial charge is 0.143 e. The zero-order valence-electron chi connectivity index (χ0n) is 12.4. The van der Waals surface area contributed by atoms with E-state index in [9.17, 15) is 4.57 Å². The maximum absolute atomic E-state index is 13.8. The third kappa shape index (κ3) is 3.21. The van der Waals surface area contributed by atoms with E-state index < -0.39 is 7.14 Å². The van der Waals surface area contributed by atoms with Crippen LogP contribution in [0, 0.1) is 0 Å². The lowest BCUT2D eigenvalue weighted by molar-refractivity contribution is 0.586. The van der Waals surface area contributed by atoms with Crippen molar-refractivity contribution in [3.05, 3.63) is 96.6 Å². The summed E-state index contributed by atoms with van der Waals surface area (Å²) in [6.07, 6.45) is 1.48. The second-order valence-electron chi connectivity index (χ2n) is 5.37. The van der Waals surface area contributed by atoms with Crippen molar-refractivity contribution < 1.29 is 4.57 Å². The van der Waals surface area contributed by atoms with E-state index in [-0.39, 0.29) is 0 Å². The summed E-state index contributed by atoms with van der Waals surface area (Å²) in [6, 6.07) is 30.0. The van der Waals surface area contributed by atoms with Gasteiger partial charge in [0.2, 0.25) is 0 Å². The number of hydrogen-bond donors (Lipinski definition) is 0. The molecule has 0 atom stereocenters. The van der Waals surface area contributed by atoms with Crippen LogP contribution < -0.4 is 10.6 Å². The lowest BCUT2D eigenvalue weighted by atomic mass is 10.2. The van der Waals surface area contributed by atoms with E-state index in [0.29, 0.717) is 6.16 Å². The van der Waals surface area contributed by atoms with Gasteiger partial charge < -0.3 is 4.57 Å². The first-order valence-corrected chi connectivity index (χ1v) is 9.42. The van der Waals surface area contributed by atoms with E-state index in [0.717, 1.165) is 17.0 Å². The Morgan fingerprint density at radius 1 is 0.591 bits per heavy atom. The fourth-order valence-corrected chi connectivity index (χ4v) is 5.37. The van der Waals surface area contributed by atoms with Crippen LogP contribution in [-0.4, -0.2) is 6.16 Å². The Morgan fingerprint density at radius 2 is 1.00 bits per heavy atom. The van der Waals surface area contributed by atoms with E-state index in [4.69, 9.17) is 0 Å². The molecule has 0 spiro atoms. The molecule has 22 heavy (non-hydrogen) atoms. The van der Waals surface area contributed by atoms with Crippen LogP contribution >= 0.6 is 7.14 Å². The van der Waals surface area contributed by atoms with Gasteiger partial charge in [0.15, 0.2) is 0 Å². The molecule has 0 aliphatic heterocycles. The lowest BCUT2D eigenvalue weighted by Gasteiger charge is -2.19. The zero-order valence-corrected chi connectivity index (χ0v) is 13.3. The lowest BCUT2D eigenvalue weighted by Crippen LogP contribution is -2.19. The second-order valence-corrected chi connectivity index (χ2v) is 8.33. The third-order valence-corrected chi connectivity index (χ3v) is 7.02. The summed E-state index contributed by atoms with van der Waals surface area (Å²) in [5, 5.41) is 1.88. The van der Waals surface area contributed by atoms with Gasteiger partial charge >= 0.3 is 0 Å². The quantitative estimate of drug-likeness (QED) is 0.644. The largest absolute Gasteiger partial charge is 0.314 e. The molecule has 0 radical (unpaired) electrons. The normalized spacial score (nSPS) is 11.3. The molecule has 2 heteroatoms. The first kappa shape index (κ1) is 14.8. The Labute approximate surface area is 132 Å². The van der Waals surface area contributed by atoms with E-state index >= 15 is 0 Å². The van der Waals surface area contributed by atoms with Crippen molar-refractivity contribution in [2.45, 2.75) is 6.42 Å². The molecule has 3 aromatic carbocycles. The van der Waals surface area contributed by atoms with Gasteiger partial charge in [0.25, 0.3) is 0 Å². The van der Waals surface area contributed by atoms with E-state index in [2.05, 4.69) is 12.1 Å². The fraction of sp³-hybridized carbons (Fsp3) is 0.100. The fourth-order valence-electron chi connectivity index (χ4n) is 2.68. The van der Waals surface area contributed by atoms with E-state index in [1.165, 1.54) is 5.56 Å². The SMILES string of the molecule is O=P(CCc1ccccc1)(c1ccccc1)c1ccccc1. The van der Waals surface area contributed by atoms with Crippen LogP contribution in [0.5, 0.6) is 0 Å². The van der Waals surface area contributed by atoms with Crippen molar-refractivity contribution in [2.75, 3.05) is 6.16 Å². The summed E-state index contributed by atoms with van der Waals surface area (Å²) in [5.41, 5.74) is 1.23. The molecule has 0 saturated carbocycles. The molecule has 0 unspecified atom stereocenters. The van der Waals surface area contributed by atoms with E-state index in [1.807, 2.05) is 78.9 Å². The molecule has 0 bridgehead atoms. The summed E-state index contributed by atoms with van der Waals surface area (Å²) in [4.78, 5) is 0. The summed E-state index contributed by atoms with van der Waals surface area (Å²) in [7, 11) is -2.59. The maximum atomic E-state index is 13.8. The van der Waals surface area contributed by atoms with Gasteiger partial charge in [-0.25, -0.2) is 0 Å². The Kier molecular flexibility index (Phi) is 4.56. The Bertz CT molecular complexity index is 708. The predicted molar refractivity (Wildman–Crippen MR) is 94.8 cm³/mol. The molecule has 0 aromatic heterocycles. The van der Waals surface area contributed by atoms with Gasteiger partial charge in [-0.1, -0.05) is 91.0 Å². The Hall–Kier alpha value is -2.11. The minimum Gasteiger partial charge on any atom is -0.314 e. The molecule has 1 nitrogen and oxygen atoms in total. The van der Waals surface area contributed by atoms with Gasteiger partial charge in [0, 0.05) is 16.8 Å². The molecule has 3 aromatic rings. The van der Waals surface area contributed by atoms with Gasteiger partial charge in [-0.05, 0) is 12.0 Å². The monoisotopic (exact) mass is 306 g/mol. The van der Waals surface area contributed by atoms with Gasteiger partial charge in [-0.3, -0.25) is 0 Å². The highest BCUT2D eigenvalue weighted by atomic mass is 31.2. The first-order chi connectivity index (χ1) is 10.8. The Morgan fingerprint density at radius 3 is 1.45 bits per heavy atom. The van der Waals surface area contributed by atoms with Crippen LogP contribution in [0.3, 0.4) is 0 Å². The van der Waals surface area contributed by atoms with Gasteiger partial charge in [0.1, 0.15) is 7.14 Å². The zero-order chi connectivity index (χ0) is 15.3. The van der Waals surface area contributed by atoms with Crippen LogP contribution in [0.1, 0.15) is 5.56 Å². The summed E-state index contributed by atoms with van der Waals surface area (Å²) < 4.78 is 13.8. The van der Waals surface area contributed by atoms with Gasteiger partial charge in [-0.15, -0.1) is 0 Å². The molecule has 0 aliphatic carbocycles. The van der Waals surface area contributed by atoms with Crippen molar-refractivity contribution in [2.24, 2.45) is 0 Å². The predicted octanol–water partition coefficient (Wildman–Crippen LogP) is 4.24. The van der Waals surface area contributed by atoms with Gasteiger partial charge in [0.05, 0.1) is 0 Å². The molecule has 0 fully saturated rings. The molecular weight excluding hydrogens is 287 g/mol. The topological polar surface area (TPSA) is 17.1 Å². The average Bonchev–Trinajstić information content (AvgIpc) is 2.62. The maximum Gasteiger partial charge on any atom is 0.143 e. The molecule has 110 valence electrons. The summed E-state index contributed by atoms with van der Waals surface area (Å²) >= 11 is 0. The summed E-state index contributed by atoms with van der Waals surface area (Å²) in [6.45, 7) is 0. The van der Waals surface area contributed by atoms with Crippen LogP contribution in [0.25, 0.3) is 0 Å². The van der Waals surface area contributed by atoms with E-state index in [1.54, 1.807) is 0 Å². The molecular formula is C20H19OP. The number of rotatable bonds is 5.